The van der Waals surface area contributed by atoms with Crippen molar-refractivity contribution in [3.63, 3.8) is 0 Å². The van der Waals surface area contributed by atoms with Crippen molar-refractivity contribution < 1.29 is 42.1 Å². The monoisotopic (exact) mass is 1000 g/mol. The minimum atomic E-state index is -4.62. The number of likely N-dealkylation sites (N-methyl/N-ethyl adjacent to an activating group) is 1. The molecule has 0 aliphatic carbocycles. The second kappa shape index (κ2) is 51.9. The first-order valence-electron chi connectivity index (χ1n) is 30.2. The average Bonchev–Trinajstić information content (AvgIpc) is 3.31. The molecule has 0 spiro atoms. The van der Waals surface area contributed by atoms with E-state index in [4.69, 9.17) is 18.5 Å². The number of carbonyl (C=O) groups excluding carboxylic acids is 2. The Morgan fingerprint density at radius 2 is 0.652 bits per heavy atom. The number of hydrogen-bond donors (Lipinski definition) is 0. The average molecular weight is 1000 g/mol. The van der Waals surface area contributed by atoms with Crippen LogP contribution >= 0.6 is 7.82 Å². The third-order valence-corrected chi connectivity index (χ3v) is 14.8. The fourth-order valence-corrected chi connectivity index (χ4v) is 9.92. The van der Waals surface area contributed by atoms with E-state index in [0.717, 1.165) is 32.1 Å². The third kappa shape index (κ3) is 56.2. The molecule has 69 heavy (non-hydrogen) atoms. The highest BCUT2D eigenvalue weighted by Crippen LogP contribution is 2.38. The largest absolute Gasteiger partial charge is 0.756 e. The molecule has 0 rings (SSSR count). The van der Waals surface area contributed by atoms with Crippen molar-refractivity contribution in [1.82, 2.24) is 0 Å². The smallest absolute Gasteiger partial charge is 0.306 e. The molecular formula is C59H118NO8P. The minimum Gasteiger partial charge on any atom is -0.756 e. The van der Waals surface area contributed by atoms with Crippen molar-refractivity contribution in [1.29, 1.82) is 0 Å². The zero-order valence-electron chi connectivity index (χ0n) is 46.8. The van der Waals surface area contributed by atoms with Crippen molar-refractivity contribution >= 4 is 19.8 Å². The Hall–Kier alpha value is -0.990. The molecule has 0 N–H and O–H groups in total. The first kappa shape index (κ1) is 68.0. The summed E-state index contributed by atoms with van der Waals surface area (Å²) in [5.74, 6) is -0.813. The molecule has 0 amide bonds. The predicted molar refractivity (Wildman–Crippen MR) is 292 cm³/mol. The first-order chi connectivity index (χ1) is 33.5. The first-order valence-corrected chi connectivity index (χ1v) is 31.7. The number of hydrogen-bond acceptors (Lipinski definition) is 8. The number of esters is 2. The Morgan fingerprint density at radius 1 is 0.391 bits per heavy atom. The maximum atomic E-state index is 12.8. The highest BCUT2D eigenvalue weighted by molar-refractivity contribution is 7.45. The van der Waals surface area contributed by atoms with Gasteiger partial charge in [0.2, 0.25) is 0 Å². The van der Waals surface area contributed by atoms with Crippen LogP contribution in [0.1, 0.15) is 316 Å². The summed E-state index contributed by atoms with van der Waals surface area (Å²) in [6, 6.07) is 0. The summed E-state index contributed by atoms with van der Waals surface area (Å²) in [5, 5.41) is 0. The number of carbonyl (C=O) groups is 2. The Labute approximate surface area is 429 Å². The van der Waals surface area contributed by atoms with Gasteiger partial charge in [-0.15, -0.1) is 0 Å². The minimum absolute atomic E-state index is 0.0253. The van der Waals surface area contributed by atoms with Gasteiger partial charge in [0.1, 0.15) is 19.8 Å². The van der Waals surface area contributed by atoms with Crippen LogP contribution in [0.5, 0.6) is 0 Å². The maximum Gasteiger partial charge on any atom is 0.306 e. The zero-order valence-corrected chi connectivity index (χ0v) is 47.7. The quantitative estimate of drug-likeness (QED) is 0.0256. The molecular weight excluding hydrogens is 882 g/mol. The summed E-state index contributed by atoms with van der Waals surface area (Å²) in [6.07, 6.45) is 59.0. The van der Waals surface area contributed by atoms with Gasteiger partial charge in [-0.25, -0.2) is 0 Å². The van der Waals surface area contributed by atoms with Crippen LogP contribution in [-0.2, 0) is 32.7 Å². The van der Waals surface area contributed by atoms with E-state index >= 15 is 0 Å². The molecule has 0 aliphatic rings. The molecule has 2 unspecified atom stereocenters. The molecule has 9 nitrogen and oxygen atoms in total. The van der Waals surface area contributed by atoms with Crippen LogP contribution in [0.2, 0.25) is 0 Å². The molecule has 0 aromatic rings. The van der Waals surface area contributed by atoms with E-state index < -0.39 is 26.5 Å². The molecule has 0 bridgehead atoms. The van der Waals surface area contributed by atoms with E-state index in [-0.39, 0.29) is 32.0 Å². The molecule has 2 atom stereocenters. The van der Waals surface area contributed by atoms with Crippen LogP contribution in [0, 0.1) is 0 Å². The molecule has 0 saturated heterocycles. The van der Waals surface area contributed by atoms with Crippen LogP contribution in [0.3, 0.4) is 0 Å². The van der Waals surface area contributed by atoms with Crippen molar-refractivity contribution in [2.24, 2.45) is 0 Å². The maximum absolute atomic E-state index is 12.8. The Balaban J connectivity index is 3.91. The number of rotatable bonds is 57. The summed E-state index contributed by atoms with van der Waals surface area (Å²) in [6.45, 7) is 4.29. The van der Waals surface area contributed by atoms with Gasteiger partial charge in [0.25, 0.3) is 7.82 Å². The lowest BCUT2D eigenvalue weighted by molar-refractivity contribution is -0.870. The fraction of sp³-hybridized carbons (Fsp3) is 0.966. The molecule has 0 saturated carbocycles. The number of ether oxygens (including phenoxy) is 2. The molecule has 0 aliphatic heterocycles. The van der Waals surface area contributed by atoms with E-state index in [1.54, 1.807) is 0 Å². The molecule has 0 heterocycles. The number of phosphoric ester groups is 1. The number of unbranched alkanes of at least 4 members (excludes halogenated alkanes) is 43. The lowest BCUT2D eigenvalue weighted by Gasteiger charge is -2.28. The second-order valence-electron chi connectivity index (χ2n) is 22.1. The summed E-state index contributed by atoms with van der Waals surface area (Å²) < 4.78 is 34.1. The molecule has 0 fully saturated rings. The van der Waals surface area contributed by atoms with Crippen LogP contribution in [0.15, 0.2) is 0 Å². The molecule has 10 heteroatoms. The highest BCUT2D eigenvalue weighted by Gasteiger charge is 2.22. The third-order valence-electron chi connectivity index (χ3n) is 13.9. The zero-order chi connectivity index (χ0) is 50.6. The summed E-state index contributed by atoms with van der Waals surface area (Å²) in [4.78, 5) is 37.7. The van der Waals surface area contributed by atoms with Gasteiger partial charge < -0.3 is 27.9 Å². The van der Waals surface area contributed by atoms with Gasteiger partial charge in [0.15, 0.2) is 6.10 Å². The Morgan fingerprint density at radius 3 is 0.928 bits per heavy atom. The Bertz CT molecular complexity index is 1130. The SMILES string of the molecule is CCCCCCCCCCCCCCCCCCCCCCCCCCCCCCCCCCCC(=O)OC(COC(=O)CCCCCCCCCCCCCC)COP(=O)([O-])OCC[N+](C)(C)C. The summed E-state index contributed by atoms with van der Waals surface area (Å²) in [5.41, 5.74) is 0. The Kier molecular flexibility index (Phi) is 51.1. The van der Waals surface area contributed by atoms with Crippen LogP contribution in [0.4, 0.5) is 0 Å². The molecule has 0 aromatic heterocycles. The lowest BCUT2D eigenvalue weighted by Crippen LogP contribution is -2.37. The molecule has 0 aromatic carbocycles. The van der Waals surface area contributed by atoms with Gasteiger partial charge in [0, 0.05) is 12.8 Å². The van der Waals surface area contributed by atoms with Crippen molar-refractivity contribution in [3.05, 3.63) is 0 Å². The lowest BCUT2D eigenvalue weighted by atomic mass is 10.0. The van der Waals surface area contributed by atoms with Gasteiger partial charge in [-0.3, -0.25) is 14.2 Å². The van der Waals surface area contributed by atoms with Crippen LogP contribution < -0.4 is 4.89 Å². The number of nitrogens with zero attached hydrogens (tertiary/aromatic N) is 1. The van der Waals surface area contributed by atoms with Crippen molar-refractivity contribution in [3.8, 4) is 0 Å². The van der Waals surface area contributed by atoms with E-state index in [0.29, 0.717) is 17.4 Å². The van der Waals surface area contributed by atoms with Crippen LogP contribution in [0.25, 0.3) is 0 Å². The predicted octanol–water partition coefficient (Wildman–Crippen LogP) is 18.0. The van der Waals surface area contributed by atoms with E-state index in [1.165, 1.54) is 250 Å². The summed E-state index contributed by atoms with van der Waals surface area (Å²) in [7, 11) is 1.19. The molecule has 0 radical (unpaired) electrons. The van der Waals surface area contributed by atoms with Gasteiger partial charge in [0.05, 0.1) is 27.7 Å². The van der Waals surface area contributed by atoms with Gasteiger partial charge in [-0.05, 0) is 12.8 Å². The molecule has 412 valence electrons. The number of quaternary nitrogens is 1. The van der Waals surface area contributed by atoms with Gasteiger partial charge in [-0.1, -0.05) is 290 Å². The van der Waals surface area contributed by atoms with Gasteiger partial charge >= 0.3 is 11.9 Å². The van der Waals surface area contributed by atoms with Crippen molar-refractivity contribution in [2.45, 2.75) is 322 Å². The van der Waals surface area contributed by atoms with E-state index in [9.17, 15) is 19.0 Å². The number of phosphoric acid groups is 1. The fourth-order valence-electron chi connectivity index (χ4n) is 9.19. The van der Waals surface area contributed by atoms with E-state index in [1.807, 2.05) is 21.1 Å². The summed E-state index contributed by atoms with van der Waals surface area (Å²) >= 11 is 0. The van der Waals surface area contributed by atoms with Crippen LogP contribution in [-0.4, -0.2) is 70.0 Å². The normalized spacial score (nSPS) is 13.2. The highest BCUT2D eigenvalue weighted by atomic mass is 31.2. The second-order valence-corrected chi connectivity index (χ2v) is 23.5. The van der Waals surface area contributed by atoms with Gasteiger partial charge in [-0.2, -0.15) is 0 Å². The topological polar surface area (TPSA) is 111 Å². The van der Waals surface area contributed by atoms with Crippen molar-refractivity contribution in [2.75, 3.05) is 47.5 Å². The standard InChI is InChI=1S/C59H118NO8P/c1-6-8-10-12-14-16-18-20-21-22-23-24-25-26-27-28-29-30-31-32-33-34-35-36-37-38-39-40-42-44-46-48-50-52-59(62)68-57(56-67-69(63,64)66-54-53-60(3,4)5)55-65-58(61)51-49-47-45-43-41-19-17-15-13-11-9-7-2/h57H,6-56H2,1-5H3. The van der Waals surface area contributed by atoms with E-state index in [2.05, 4.69) is 13.8 Å².